The van der Waals surface area contributed by atoms with Crippen molar-refractivity contribution in [2.75, 3.05) is 7.11 Å². The average molecular weight is 586 g/mol. The van der Waals surface area contributed by atoms with Crippen molar-refractivity contribution in [3.05, 3.63) is 111 Å². The van der Waals surface area contributed by atoms with Crippen LogP contribution < -0.4 is 4.74 Å². The molecule has 38 heavy (non-hydrogen) atoms. The number of Topliss-reactive ketones (excluding diaryl/α,β-unsaturated/α-hetero) is 1. The third kappa shape index (κ3) is 4.67. The lowest BCUT2D eigenvalue weighted by Gasteiger charge is -2.27. The quantitative estimate of drug-likeness (QED) is 0.246. The molecule has 1 aromatic heterocycles. The maximum Gasteiger partial charge on any atom is 0.416 e. The van der Waals surface area contributed by atoms with Gasteiger partial charge in [0, 0.05) is 16.4 Å². The molecule has 1 N–H and O–H groups in total. The first kappa shape index (κ1) is 25.6. The van der Waals surface area contributed by atoms with Crippen LogP contribution in [0, 0.1) is 0 Å². The van der Waals surface area contributed by atoms with Gasteiger partial charge in [-0.05, 0) is 59.7 Å². The van der Waals surface area contributed by atoms with Crippen LogP contribution in [0.4, 0.5) is 13.2 Å². The van der Waals surface area contributed by atoms with Gasteiger partial charge in [-0.2, -0.15) is 13.2 Å². The second-order valence-electron chi connectivity index (χ2n) is 8.69. The van der Waals surface area contributed by atoms with Crippen LogP contribution in [-0.2, 0) is 17.5 Å². The van der Waals surface area contributed by atoms with Crippen molar-refractivity contribution in [3.63, 3.8) is 0 Å². The lowest BCUT2D eigenvalue weighted by atomic mass is 9.94. The molecule has 1 atom stereocenters. The van der Waals surface area contributed by atoms with E-state index in [-0.39, 0.29) is 23.4 Å². The first-order valence-electron chi connectivity index (χ1n) is 11.3. The third-order valence-electron chi connectivity index (χ3n) is 6.27. The molecule has 0 saturated carbocycles. The second kappa shape index (κ2) is 9.68. The number of amides is 1. The lowest BCUT2D eigenvalue weighted by molar-refractivity contribution is -0.137. The van der Waals surface area contributed by atoms with Gasteiger partial charge in [0.05, 0.1) is 24.3 Å². The van der Waals surface area contributed by atoms with Gasteiger partial charge in [-0.3, -0.25) is 9.59 Å². The number of alkyl halides is 3. The van der Waals surface area contributed by atoms with E-state index in [9.17, 15) is 27.9 Å². The Balaban J connectivity index is 1.60. The number of furan rings is 1. The van der Waals surface area contributed by atoms with Gasteiger partial charge in [0.15, 0.2) is 11.5 Å². The zero-order valence-corrected chi connectivity index (χ0v) is 21.3. The summed E-state index contributed by atoms with van der Waals surface area (Å²) < 4.78 is 51.7. The predicted octanol–water partition coefficient (Wildman–Crippen LogP) is 7.00. The molecule has 0 aliphatic carbocycles. The summed E-state index contributed by atoms with van der Waals surface area (Å²) in [5, 5.41) is 11.5. The Morgan fingerprint density at radius 2 is 1.84 bits per heavy atom. The Morgan fingerprint density at radius 3 is 2.58 bits per heavy atom. The fraction of sp³-hybridized carbons (Fsp3) is 0.143. The minimum Gasteiger partial charge on any atom is -0.503 e. The largest absolute Gasteiger partial charge is 0.503 e. The maximum atomic E-state index is 13.7. The topological polar surface area (TPSA) is 80.0 Å². The first-order valence-corrected chi connectivity index (χ1v) is 12.1. The fourth-order valence-electron chi connectivity index (χ4n) is 4.51. The molecule has 0 fully saturated rings. The summed E-state index contributed by atoms with van der Waals surface area (Å²) >= 11 is 3.36. The van der Waals surface area contributed by atoms with Crippen molar-refractivity contribution in [2.24, 2.45) is 0 Å². The number of carbonyl (C=O) groups is 2. The number of fused-ring (bicyclic) bond motifs is 1. The van der Waals surface area contributed by atoms with E-state index in [0.29, 0.717) is 22.3 Å². The molecule has 0 bridgehead atoms. The molecular weight excluding hydrogens is 567 g/mol. The predicted molar refractivity (Wildman–Crippen MR) is 136 cm³/mol. The average Bonchev–Trinajstić information content (AvgIpc) is 3.42. The van der Waals surface area contributed by atoms with Gasteiger partial charge in [-0.1, -0.05) is 40.2 Å². The van der Waals surface area contributed by atoms with Crippen LogP contribution in [0.1, 0.15) is 33.3 Å². The molecule has 0 spiro atoms. The van der Waals surface area contributed by atoms with Gasteiger partial charge in [-0.25, -0.2) is 0 Å². The highest BCUT2D eigenvalue weighted by Gasteiger charge is 2.45. The second-order valence-corrected chi connectivity index (χ2v) is 9.61. The summed E-state index contributed by atoms with van der Waals surface area (Å²) in [4.78, 5) is 28.1. The molecule has 1 aliphatic rings. The third-order valence-corrected chi connectivity index (χ3v) is 6.76. The Hall–Kier alpha value is -4.05. The Kier molecular flexibility index (Phi) is 6.52. The molecule has 10 heteroatoms. The van der Waals surface area contributed by atoms with Crippen LogP contribution in [0.5, 0.6) is 5.75 Å². The number of benzene rings is 3. The number of aliphatic hydroxyl groups is 1. The summed E-state index contributed by atoms with van der Waals surface area (Å²) in [5.41, 5.74) is -0.0818. The summed E-state index contributed by atoms with van der Waals surface area (Å²) in [7, 11) is 1.45. The van der Waals surface area contributed by atoms with Crippen molar-refractivity contribution in [3.8, 4) is 5.75 Å². The van der Waals surface area contributed by atoms with Crippen LogP contribution in [0.2, 0.25) is 0 Å². The molecule has 5 rings (SSSR count). The molecule has 4 aromatic rings. The van der Waals surface area contributed by atoms with Gasteiger partial charge >= 0.3 is 6.18 Å². The van der Waals surface area contributed by atoms with E-state index in [1.54, 1.807) is 42.5 Å². The SMILES string of the molecule is COc1cccc(C2C(C(=O)c3cc4cc(Br)ccc4o3)=C(O)C(=O)N2Cc2cccc(C(F)(F)F)c2)c1. The number of nitrogens with zero attached hydrogens (tertiary/aromatic N) is 1. The Bertz CT molecular complexity index is 1610. The van der Waals surface area contributed by atoms with E-state index in [2.05, 4.69) is 15.9 Å². The van der Waals surface area contributed by atoms with E-state index >= 15 is 0 Å². The molecule has 6 nitrogen and oxygen atoms in total. The molecule has 3 aromatic carbocycles. The van der Waals surface area contributed by atoms with Crippen LogP contribution >= 0.6 is 15.9 Å². The monoisotopic (exact) mass is 585 g/mol. The molecule has 0 saturated heterocycles. The van der Waals surface area contributed by atoms with Crippen LogP contribution in [0.25, 0.3) is 11.0 Å². The van der Waals surface area contributed by atoms with Gasteiger partial charge in [-0.15, -0.1) is 0 Å². The van der Waals surface area contributed by atoms with E-state index in [0.717, 1.165) is 21.5 Å². The van der Waals surface area contributed by atoms with Gasteiger partial charge in [0.2, 0.25) is 5.78 Å². The number of ether oxygens (including phenoxy) is 1. The number of hydrogen-bond acceptors (Lipinski definition) is 5. The highest BCUT2D eigenvalue weighted by atomic mass is 79.9. The normalized spacial score (nSPS) is 16.0. The first-order chi connectivity index (χ1) is 18.1. The minimum absolute atomic E-state index is 0.0961. The van der Waals surface area contributed by atoms with Gasteiger partial charge in [0.1, 0.15) is 11.3 Å². The smallest absolute Gasteiger partial charge is 0.416 e. The van der Waals surface area contributed by atoms with Gasteiger partial charge in [0.25, 0.3) is 5.91 Å². The molecule has 1 unspecified atom stereocenters. The van der Waals surface area contributed by atoms with E-state index in [1.165, 1.54) is 25.3 Å². The number of ketones is 1. The zero-order valence-electron chi connectivity index (χ0n) is 19.8. The highest BCUT2D eigenvalue weighted by molar-refractivity contribution is 9.10. The van der Waals surface area contributed by atoms with Crippen LogP contribution in [0.3, 0.4) is 0 Å². The van der Waals surface area contributed by atoms with Crippen LogP contribution in [0.15, 0.2) is 93.0 Å². The molecule has 2 heterocycles. The number of methoxy groups -OCH3 is 1. The molecule has 1 aliphatic heterocycles. The van der Waals surface area contributed by atoms with Crippen molar-refractivity contribution in [1.82, 2.24) is 4.90 Å². The fourth-order valence-corrected chi connectivity index (χ4v) is 4.89. The number of aliphatic hydroxyl groups excluding tert-OH is 1. The standard InChI is InChI=1S/C28H19BrF3NO5/c1-37-20-7-3-5-16(12-20)24-23(25(34)22-13-17-11-19(29)8-9-21(17)38-22)26(35)27(36)33(24)14-15-4-2-6-18(10-15)28(30,31)32/h2-13,24,35H,14H2,1H3. The van der Waals surface area contributed by atoms with Crippen molar-refractivity contribution in [1.29, 1.82) is 0 Å². The summed E-state index contributed by atoms with van der Waals surface area (Å²) in [5.74, 6) is -2.07. The number of carbonyl (C=O) groups excluding carboxylic acids is 2. The number of halogens is 4. The molecule has 1 amide bonds. The molecule has 0 radical (unpaired) electrons. The maximum absolute atomic E-state index is 13.7. The molecular formula is C28H19BrF3NO5. The summed E-state index contributed by atoms with van der Waals surface area (Å²) in [6.45, 7) is -0.293. The zero-order chi connectivity index (χ0) is 27.2. The van der Waals surface area contributed by atoms with Crippen molar-refractivity contribution >= 4 is 38.6 Å². The highest BCUT2D eigenvalue weighted by Crippen LogP contribution is 2.42. The van der Waals surface area contributed by atoms with Gasteiger partial charge < -0.3 is 19.2 Å². The minimum atomic E-state index is -4.57. The van der Waals surface area contributed by atoms with Crippen LogP contribution in [-0.4, -0.2) is 28.8 Å². The van der Waals surface area contributed by atoms with E-state index in [4.69, 9.17) is 9.15 Å². The lowest BCUT2D eigenvalue weighted by Crippen LogP contribution is -2.30. The summed E-state index contributed by atoms with van der Waals surface area (Å²) in [6.07, 6.45) is -4.57. The Labute approximate surface area is 223 Å². The molecule has 194 valence electrons. The van der Waals surface area contributed by atoms with Crippen molar-refractivity contribution in [2.45, 2.75) is 18.8 Å². The Morgan fingerprint density at radius 1 is 1.08 bits per heavy atom. The van der Waals surface area contributed by atoms with E-state index in [1.807, 2.05) is 0 Å². The van der Waals surface area contributed by atoms with E-state index < -0.39 is 35.2 Å². The number of hydrogen-bond donors (Lipinski definition) is 1. The summed E-state index contributed by atoms with van der Waals surface area (Å²) in [6, 6.07) is 16.7. The number of rotatable bonds is 6. The van der Waals surface area contributed by atoms with Crippen molar-refractivity contribution < 1.29 is 37.0 Å².